The van der Waals surface area contributed by atoms with Crippen molar-refractivity contribution in [1.29, 1.82) is 0 Å². The number of fused-ring (bicyclic) bond motifs is 1. The predicted molar refractivity (Wildman–Crippen MR) is 99.4 cm³/mol. The van der Waals surface area contributed by atoms with E-state index in [2.05, 4.69) is 30.5 Å². The minimum Gasteiger partial charge on any atom is -0.380 e. The molecule has 5 rings (SSSR count). The summed E-state index contributed by atoms with van der Waals surface area (Å²) < 4.78 is 39.8. The van der Waals surface area contributed by atoms with Gasteiger partial charge in [-0.15, -0.1) is 0 Å². The molecule has 1 spiro atoms. The molecule has 4 N–H and O–H groups in total. The number of halogens is 3. The van der Waals surface area contributed by atoms with E-state index in [4.69, 9.17) is 0 Å². The molecule has 0 bridgehead atoms. The van der Waals surface area contributed by atoms with E-state index < -0.39 is 36.2 Å². The summed E-state index contributed by atoms with van der Waals surface area (Å²) in [6.45, 7) is -0.188. The number of aromatic amines is 2. The van der Waals surface area contributed by atoms with E-state index in [1.807, 2.05) is 0 Å². The Morgan fingerprint density at radius 2 is 2.07 bits per heavy atom. The van der Waals surface area contributed by atoms with Crippen LogP contribution < -0.4 is 5.32 Å². The summed E-state index contributed by atoms with van der Waals surface area (Å²) in [6.07, 6.45) is -2.00. The van der Waals surface area contributed by atoms with Gasteiger partial charge in [-0.1, -0.05) is 0 Å². The first-order chi connectivity index (χ1) is 14.2. The number of anilines is 1. The maximum atomic E-state index is 13.3. The molecular weight excluding hydrogens is 403 g/mol. The van der Waals surface area contributed by atoms with Gasteiger partial charge in [-0.05, 0) is 25.0 Å². The summed E-state index contributed by atoms with van der Waals surface area (Å²) in [5, 5.41) is 19.6. The van der Waals surface area contributed by atoms with Gasteiger partial charge in [-0.25, -0.2) is 14.8 Å². The van der Waals surface area contributed by atoms with E-state index in [0.29, 0.717) is 35.6 Å². The number of carbonyl (C=O) groups is 1. The number of imidazole rings is 1. The summed E-state index contributed by atoms with van der Waals surface area (Å²) in [5.74, 6) is 0. The van der Waals surface area contributed by atoms with Crippen LogP contribution in [0.2, 0.25) is 0 Å². The molecule has 30 heavy (non-hydrogen) atoms. The first-order valence-corrected chi connectivity index (χ1v) is 9.42. The molecule has 158 valence electrons. The Morgan fingerprint density at radius 1 is 1.27 bits per heavy atom. The molecule has 1 aliphatic carbocycles. The molecule has 3 aromatic rings. The number of rotatable bonds is 2. The molecule has 12 heteroatoms. The van der Waals surface area contributed by atoms with Crippen molar-refractivity contribution in [2.24, 2.45) is 0 Å². The van der Waals surface area contributed by atoms with Gasteiger partial charge >= 0.3 is 12.2 Å². The van der Waals surface area contributed by atoms with Crippen molar-refractivity contribution >= 4 is 22.9 Å². The van der Waals surface area contributed by atoms with E-state index in [0.717, 1.165) is 5.52 Å². The highest BCUT2D eigenvalue weighted by Gasteiger charge is 2.65. The molecule has 2 fully saturated rings. The summed E-state index contributed by atoms with van der Waals surface area (Å²) >= 11 is 0. The maximum Gasteiger partial charge on any atom is 0.417 e. The highest BCUT2D eigenvalue weighted by atomic mass is 19.4. The van der Waals surface area contributed by atoms with Crippen LogP contribution in [0.4, 0.5) is 23.7 Å². The van der Waals surface area contributed by atoms with Crippen molar-refractivity contribution in [2.45, 2.75) is 43.0 Å². The number of hydrogen-bond donors (Lipinski definition) is 4. The quantitative estimate of drug-likeness (QED) is 0.507. The van der Waals surface area contributed by atoms with Gasteiger partial charge in [0.2, 0.25) is 0 Å². The van der Waals surface area contributed by atoms with Gasteiger partial charge in [-0.3, -0.25) is 5.10 Å². The zero-order valence-corrected chi connectivity index (χ0v) is 15.6. The number of nitrogens with one attached hydrogen (secondary N) is 3. The first kappa shape index (κ1) is 18.9. The Morgan fingerprint density at radius 3 is 2.80 bits per heavy atom. The number of aliphatic hydroxyl groups is 1. The van der Waals surface area contributed by atoms with Gasteiger partial charge in [0.05, 0.1) is 29.4 Å². The van der Waals surface area contributed by atoms with Crippen LogP contribution in [0.1, 0.15) is 25.7 Å². The fourth-order valence-corrected chi connectivity index (χ4v) is 4.13. The fourth-order valence-electron chi connectivity index (χ4n) is 4.13. The average molecular weight is 421 g/mol. The van der Waals surface area contributed by atoms with Gasteiger partial charge in [0.25, 0.3) is 0 Å². The lowest BCUT2D eigenvalue weighted by molar-refractivity contribution is -0.277. The Labute approximate surface area is 167 Å². The largest absolute Gasteiger partial charge is 0.417 e. The van der Waals surface area contributed by atoms with Crippen LogP contribution in [0.3, 0.4) is 0 Å². The van der Waals surface area contributed by atoms with Gasteiger partial charge < -0.3 is 20.3 Å². The van der Waals surface area contributed by atoms with Crippen molar-refractivity contribution in [3.63, 3.8) is 0 Å². The number of H-pyrrole nitrogens is 2. The third-order valence-corrected chi connectivity index (χ3v) is 5.96. The number of pyridine rings is 1. The summed E-state index contributed by atoms with van der Waals surface area (Å²) in [5.41, 5.74) is -1.15. The molecule has 0 aromatic carbocycles. The van der Waals surface area contributed by atoms with Crippen LogP contribution >= 0.6 is 0 Å². The van der Waals surface area contributed by atoms with Crippen LogP contribution in [0.5, 0.6) is 0 Å². The van der Waals surface area contributed by atoms with Gasteiger partial charge in [0.15, 0.2) is 11.2 Å². The minimum absolute atomic E-state index is 0.188. The second-order valence-corrected chi connectivity index (χ2v) is 7.89. The topological polar surface area (TPSA) is 123 Å². The molecule has 4 heterocycles. The number of likely N-dealkylation sites (tertiary alicyclic amines) is 1. The SMILES string of the molecule is O=C(Nc1cn[nH]c1-c1ccc2[nH]cnc2n1)N1CC[C@](O)(C(F)(F)F)CC12CC2. The standard InChI is InChI=1S/C18H18F3N7O2/c19-18(20,21)17(30)5-6-28(16(8-17)3-4-16)15(29)26-12-7-24-27-13(12)10-1-2-11-14(25-10)23-9-22-11/h1-2,7,9,30H,3-6,8H2,(H,24,27)(H,26,29)(H,22,23,25)/t17-/m1/s1. The minimum atomic E-state index is -4.72. The van der Waals surface area contributed by atoms with E-state index in [1.165, 1.54) is 17.4 Å². The second kappa shape index (κ2) is 6.17. The van der Waals surface area contributed by atoms with Gasteiger partial charge in [-0.2, -0.15) is 18.3 Å². The molecule has 0 unspecified atom stereocenters. The number of nitrogens with zero attached hydrogens (tertiary/aromatic N) is 4. The smallest absolute Gasteiger partial charge is 0.380 e. The molecule has 2 amide bonds. The highest BCUT2D eigenvalue weighted by molar-refractivity contribution is 5.94. The summed E-state index contributed by atoms with van der Waals surface area (Å²) in [4.78, 5) is 25.8. The van der Waals surface area contributed by atoms with Crippen molar-refractivity contribution in [3.05, 3.63) is 24.7 Å². The third kappa shape index (κ3) is 2.90. The maximum absolute atomic E-state index is 13.3. The lowest BCUT2D eigenvalue weighted by atomic mass is 9.84. The third-order valence-electron chi connectivity index (χ3n) is 5.96. The van der Waals surface area contributed by atoms with Crippen molar-refractivity contribution in [2.75, 3.05) is 11.9 Å². The molecule has 1 atom stereocenters. The van der Waals surface area contributed by atoms with Gasteiger partial charge in [0.1, 0.15) is 5.69 Å². The zero-order valence-electron chi connectivity index (χ0n) is 15.6. The number of alkyl halides is 3. The van der Waals surface area contributed by atoms with Crippen molar-refractivity contribution in [1.82, 2.24) is 30.0 Å². The van der Waals surface area contributed by atoms with Crippen LogP contribution in [-0.2, 0) is 0 Å². The van der Waals surface area contributed by atoms with E-state index in [-0.39, 0.29) is 6.54 Å². The van der Waals surface area contributed by atoms with Crippen LogP contribution in [0.15, 0.2) is 24.7 Å². The van der Waals surface area contributed by atoms with Gasteiger partial charge in [0, 0.05) is 24.9 Å². The van der Waals surface area contributed by atoms with E-state index in [9.17, 15) is 23.1 Å². The zero-order chi connectivity index (χ0) is 21.1. The molecule has 9 nitrogen and oxygen atoms in total. The Kier molecular flexibility index (Phi) is 3.88. The number of hydrogen-bond acceptors (Lipinski definition) is 5. The Bertz CT molecular complexity index is 1120. The monoisotopic (exact) mass is 421 g/mol. The van der Waals surface area contributed by atoms with E-state index in [1.54, 1.807) is 12.1 Å². The normalized spacial score (nSPS) is 23.1. The van der Waals surface area contributed by atoms with Crippen LogP contribution in [0, 0.1) is 0 Å². The molecule has 1 saturated heterocycles. The second-order valence-electron chi connectivity index (χ2n) is 7.89. The predicted octanol–water partition coefficient (Wildman–Crippen LogP) is 2.80. The lowest BCUT2D eigenvalue weighted by Crippen LogP contribution is -2.60. The highest BCUT2D eigenvalue weighted by Crippen LogP contribution is 2.55. The molecule has 1 saturated carbocycles. The summed E-state index contributed by atoms with van der Waals surface area (Å²) in [7, 11) is 0. The van der Waals surface area contributed by atoms with Crippen molar-refractivity contribution in [3.8, 4) is 11.4 Å². The number of amides is 2. The number of piperidine rings is 1. The van der Waals surface area contributed by atoms with Crippen LogP contribution in [0.25, 0.3) is 22.6 Å². The summed E-state index contributed by atoms with van der Waals surface area (Å²) in [6, 6.07) is 3.00. The molecule has 0 radical (unpaired) electrons. The van der Waals surface area contributed by atoms with Crippen LogP contribution in [-0.4, -0.2) is 65.0 Å². The Hall–Kier alpha value is -3.15. The Balaban J connectivity index is 1.37. The van der Waals surface area contributed by atoms with E-state index >= 15 is 0 Å². The fraction of sp³-hybridized carbons (Fsp3) is 0.444. The molecular formula is C18H18F3N7O2. The first-order valence-electron chi connectivity index (χ1n) is 9.42. The molecule has 2 aliphatic rings. The lowest BCUT2D eigenvalue weighted by Gasteiger charge is -2.45. The van der Waals surface area contributed by atoms with Crippen molar-refractivity contribution < 1.29 is 23.1 Å². The number of carbonyl (C=O) groups excluding carboxylic acids is 1. The average Bonchev–Trinajstić information content (AvgIpc) is 3.08. The molecule has 1 aliphatic heterocycles. The molecule has 3 aromatic heterocycles. The number of urea groups is 1. The number of aromatic nitrogens is 5.